The molecule has 2 aromatic heterocycles. The lowest BCUT2D eigenvalue weighted by Crippen LogP contribution is -2.33. The molecular weight excluding hydrogens is 565 g/mol. The molecule has 0 unspecified atom stereocenters. The number of aromatic nitrogens is 1. The van der Waals surface area contributed by atoms with E-state index >= 15 is 0 Å². The summed E-state index contributed by atoms with van der Waals surface area (Å²) in [5.41, 5.74) is 5.95. The third-order valence-electron chi connectivity index (χ3n) is 7.83. The molecule has 3 heterocycles. The van der Waals surface area contributed by atoms with Crippen LogP contribution in [-0.2, 0) is 11.2 Å². The molecular formula is C37H42N4O2S. The van der Waals surface area contributed by atoms with Gasteiger partial charge in [-0.05, 0) is 81.0 Å². The summed E-state index contributed by atoms with van der Waals surface area (Å²) in [5, 5.41) is 3.53. The van der Waals surface area contributed by atoms with Gasteiger partial charge in [-0.2, -0.15) is 0 Å². The van der Waals surface area contributed by atoms with Crippen molar-refractivity contribution in [2.75, 3.05) is 24.5 Å². The minimum absolute atomic E-state index is 0.0507. The van der Waals surface area contributed by atoms with Crippen LogP contribution < -0.4 is 10.2 Å². The van der Waals surface area contributed by atoms with Gasteiger partial charge in [-0.15, -0.1) is 11.3 Å². The fourth-order valence-corrected chi connectivity index (χ4v) is 6.62. The van der Waals surface area contributed by atoms with Crippen LogP contribution in [0.25, 0.3) is 22.2 Å². The Morgan fingerprint density at radius 3 is 2.59 bits per heavy atom. The van der Waals surface area contributed by atoms with Crippen molar-refractivity contribution in [3.63, 3.8) is 0 Å². The highest BCUT2D eigenvalue weighted by atomic mass is 32.1. The fraction of sp³-hybridized carbons (Fsp3) is 0.324. The molecule has 1 fully saturated rings. The van der Waals surface area contributed by atoms with E-state index in [4.69, 9.17) is 0 Å². The number of nitrogens with zero attached hydrogens (tertiary/aromatic N) is 3. The Morgan fingerprint density at radius 2 is 1.86 bits per heavy atom. The molecule has 0 bridgehead atoms. The van der Waals surface area contributed by atoms with E-state index in [1.807, 2.05) is 77.4 Å². The second-order valence-corrected chi connectivity index (χ2v) is 12.3. The van der Waals surface area contributed by atoms with Crippen molar-refractivity contribution in [1.29, 1.82) is 0 Å². The second kappa shape index (κ2) is 14.5. The number of carbonyl (C=O) groups is 2. The van der Waals surface area contributed by atoms with Crippen molar-refractivity contribution >= 4 is 40.6 Å². The van der Waals surface area contributed by atoms with Crippen LogP contribution in [-0.4, -0.2) is 47.4 Å². The van der Waals surface area contributed by atoms with E-state index in [2.05, 4.69) is 42.9 Å². The first-order valence-electron chi connectivity index (χ1n) is 15.7. The number of hydrogen-bond donors (Lipinski definition) is 1. The zero-order valence-electron chi connectivity index (χ0n) is 26.0. The molecule has 44 heavy (non-hydrogen) atoms. The fourth-order valence-electron chi connectivity index (χ4n) is 5.44. The number of allylic oxidation sites excluding steroid dienone is 3. The van der Waals surface area contributed by atoms with Gasteiger partial charge >= 0.3 is 0 Å². The Labute approximate surface area is 265 Å². The third kappa shape index (κ3) is 7.28. The van der Waals surface area contributed by atoms with Gasteiger partial charge in [-0.25, -0.2) is 4.98 Å². The van der Waals surface area contributed by atoms with Crippen molar-refractivity contribution in [3.05, 3.63) is 107 Å². The average Bonchev–Trinajstić information content (AvgIpc) is 3.78. The molecule has 1 aliphatic heterocycles. The van der Waals surface area contributed by atoms with Crippen molar-refractivity contribution < 1.29 is 9.59 Å². The molecule has 0 atom stereocenters. The SMILES string of the molecule is C=C(NC1CC1)c1cc2c(s1)-c1ccccc1N(C(=O)c1cccc(/C=C/C=C\C(=C/C)C(=O)N(CCC)CCC)n1)CC2. The molecule has 228 valence electrons. The van der Waals surface area contributed by atoms with E-state index < -0.39 is 0 Å². The molecule has 0 spiro atoms. The zero-order chi connectivity index (χ0) is 31.1. The molecule has 7 heteroatoms. The number of pyridine rings is 1. The zero-order valence-corrected chi connectivity index (χ0v) is 26.8. The summed E-state index contributed by atoms with van der Waals surface area (Å²) in [6, 6.07) is 16.4. The van der Waals surface area contributed by atoms with Crippen LogP contribution in [0, 0.1) is 0 Å². The summed E-state index contributed by atoms with van der Waals surface area (Å²) in [6.07, 6.45) is 14.3. The van der Waals surface area contributed by atoms with Gasteiger partial charge < -0.3 is 15.1 Å². The number of carbonyl (C=O) groups excluding carboxylic acids is 2. The van der Waals surface area contributed by atoms with Gasteiger partial charge in [0.15, 0.2) is 0 Å². The second-order valence-electron chi connectivity index (χ2n) is 11.3. The van der Waals surface area contributed by atoms with Crippen molar-refractivity contribution in [3.8, 4) is 10.4 Å². The average molecular weight is 607 g/mol. The Morgan fingerprint density at radius 1 is 1.09 bits per heavy atom. The standard InChI is InChI=1S/C37H42N4O2S/c1-5-22-40(23-6-2)36(42)27(7-3)13-8-9-14-29-15-12-17-32(39-29)37(43)41-24-21-28-25-34(26(4)38-30-19-20-30)44-35(28)31-16-10-11-18-33(31)41/h7-18,25,30,38H,4-6,19-24H2,1-3H3/b13-8-,14-9+,27-7+. The Hall–Kier alpha value is -4.23. The Balaban J connectivity index is 1.31. The number of para-hydroxylation sites is 1. The molecule has 1 aromatic carbocycles. The predicted molar refractivity (Wildman–Crippen MR) is 184 cm³/mol. The molecule has 6 nitrogen and oxygen atoms in total. The summed E-state index contributed by atoms with van der Waals surface area (Å²) < 4.78 is 0. The maximum Gasteiger partial charge on any atom is 0.276 e. The third-order valence-corrected chi connectivity index (χ3v) is 9.10. The van der Waals surface area contributed by atoms with E-state index in [1.165, 1.54) is 23.3 Å². The van der Waals surface area contributed by atoms with Crippen molar-refractivity contribution in [2.45, 2.75) is 58.9 Å². The lowest BCUT2D eigenvalue weighted by Gasteiger charge is -2.22. The topological polar surface area (TPSA) is 65.5 Å². The lowest BCUT2D eigenvalue weighted by atomic mass is 10.1. The van der Waals surface area contributed by atoms with Crippen molar-refractivity contribution in [2.24, 2.45) is 0 Å². The highest BCUT2D eigenvalue weighted by molar-refractivity contribution is 7.16. The normalized spacial score (nSPS) is 14.8. The number of rotatable bonds is 12. The highest BCUT2D eigenvalue weighted by Crippen LogP contribution is 2.43. The number of nitrogens with one attached hydrogen (secondary N) is 1. The van der Waals surface area contributed by atoms with Crippen LogP contribution in [0.3, 0.4) is 0 Å². The smallest absolute Gasteiger partial charge is 0.276 e. The van der Waals surface area contributed by atoms with Crippen LogP contribution in [0.4, 0.5) is 5.69 Å². The number of hydrogen-bond acceptors (Lipinski definition) is 5. The Kier molecular flexibility index (Phi) is 10.3. The monoisotopic (exact) mass is 606 g/mol. The molecule has 3 aromatic rings. The summed E-state index contributed by atoms with van der Waals surface area (Å²) in [6.45, 7) is 12.4. The molecule has 0 radical (unpaired) electrons. The van der Waals surface area contributed by atoms with Gasteiger partial charge in [0.2, 0.25) is 0 Å². The summed E-state index contributed by atoms with van der Waals surface area (Å²) >= 11 is 1.74. The quantitative estimate of drug-likeness (QED) is 0.168. The molecule has 0 saturated heterocycles. The number of benzene rings is 1. The van der Waals surface area contributed by atoms with Crippen LogP contribution in [0.1, 0.15) is 73.1 Å². The first kappa shape index (κ1) is 31.2. The minimum Gasteiger partial charge on any atom is -0.382 e. The van der Waals surface area contributed by atoms with Gasteiger partial charge in [-0.3, -0.25) is 9.59 Å². The largest absolute Gasteiger partial charge is 0.382 e. The first-order chi connectivity index (χ1) is 21.4. The van der Waals surface area contributed by atoms with E-state index in [0.29, 0.717) is 29.5 Å². The van der Waals surface area contributed by atoms with Crippen LogP contribution in [0.5, 0.6) is 0 Å². The lowest BCUT2D eigenvalue weighted by molar-refractivity contribution is -0.126. The number of fused-ring (bicyclic) bond motifs is 3. The number of amides is 2. The maximum absolute atomic E-state index is 13.9. The highest BCUT2D eigenvalue weighted by Gasteiger charge is 2.28. The van der Waals surface area contributed by atoms with Gasteiger partial charge in [0.05, 0.1) is 16.3 Å². The number of thiophene rings is 1. The van der Waals surface area contributed by atoms with E-state index in [9.17, 15) is 9.59 Å². The summed E-state index contributed by atoms with van der Waals surface area (Å²) in [4.78, 5) is 37.7. The van der Waals surface area contributed by atoms with E-state index in [0.717, 1.165) is 54.2 Å². The van der Waals surface area contributed by atoms with Gasteiger partial charge in [0.25, 0.3) is 11.8 Å². The minimum atomic E-state index is -0.118. The maximum atomic E-state index is 13.9. The molecule has 1 N–H and O–H groups in total. The van der Waals surface area contributed by atoms with Crippen molar-refractivity contribution in [1.82, 2.24) is 15.2 Å². The molecule has 1 saturated carbocycles. The number of anilines is 1. The predicted octanol–water partition coefficient (Wildman–Crippen LogP) is 7.90. The van der Waals surface area contributed by atoms with Gasteiger partial charge in [-0.1, -0.05) is 62.9 Å². The van der Waals surface area contributed by atoms with Gasteiger partial charge in [0, 0.05) is 47.4 Å². The molecule has 1 aliphatic carbocycles. The van der Waals surface area contributed by atoms with E-state index in [1.54, 1.807) is 17.4 Å². The Bertz CT molecular complexity index is 1600. The summed E-state index contributed by atoms with van der Waals surface area (Å²) in [7, 11) is 0. The molecule has 5 rings (SSSR count). The molecule has 2 aliphatic rings. The summed E-state index contributed by atoms with van der Waals surface area (Å²) in [5.74, 6) is -0.0677. The van der Waals surface area contributed by atoms with Crippen LogP contribution in [0.15, 0.2) is 85.0 Å². The van der Waals surface area contributed by atoms with Crippen LogP contribution in [0.2, 0.25) is 0 Å². The van der Waals surface area contributed by atoms with Crippen LogP contribution >= 0.6 is 11.3 Å². The van der Waals surface area contributed by atoms with E-state index in [-0.39, 0.29) is 11.8 Å². The first-order valence-corrected chi connectivity index (χ1v) is 16.5. The molecule has 2 amide bonds. The van der Waals surface area contributed by atoms with Gasteiger partial charge in [0.1, 0.15) is 5.69 Å².